The molecule has 2 nitrogen and oxygen atoms in total. The standard InChI is InChI=1S/C12H14Br2FNO/c1-7(6-13)8(2)16-12(17)9-3-4-11(15)10(14)5-9/h3-5,7-8H,6H2,1-2H3,(H,16,17). The van der Waals surface area contributed by atoms with Crippen LogP contribution in [0.2, 0.25) is 0 Å². The molecule has 0 saturated carbocycles. The van der Waals surface area contributed by atoms with Gasteiger partial charge in [-0.3, -0.25) is 4.79 Å². The van der Waals surface area contributed by atoms with E-state index in [4.69, 9.17) is 0 Å². The summed E-state index contributed by atoms with van der Waals surface area (Å²) in [5.74, 6) is -0.225. The molecule has 1 amide bonds. The van der Waals surface area contributed by atoms with Gasteiger partial charge >= 0.3 is 0 Å². The van der Waals surface area contributed by atoms with Gasteiger partial charge in [-0.25, -0.2) is 4.39 Å². The van der Waals surface area contributed by atoms with E-state index in [1.54, 1.807) is 0 Å². The fourth-order valence-electron chi connectivity index (χ4n) is 1.20. The van der Waals surface area contributed by atoms with Gasteiger partial charge in [-0.2, -0.15) is 0 Å². The first kappa shape index (κ1) is 14.6. The van der Waals surface area contributed by atoms with Crippen LogP contribution in [0.4, 0.5) is 4.39 Å². The Bertz CT molecular complexity index is 411. The van der Waals surface area contributed by atoms with Crippen molar-refractivity contribution in [3.05, 3.63) is 34.1 Å². The Morgan fingerprint density at radius 1 is 1.47 bits per heavy atom. The quantitative estimate of drug-likeness (QED) is 0.808. The van der Waals surface area contributed by atoms with Crippen LogP contribution in [-0.4, -0.2) is 17.3 Å². The highest BCUT2D eigenvalue weighted by atomic mass is 79.9. The highest BCUT2D eigenvalue weighted by molar-refractivity contribution is 9.10. The maximum atomic E-state index is 13.0. The summed E-state index contributed by atoms with van der Waals surface area (Å²) in [7, 11) is 0. The fourth-order valence-corrected chi connectivity index (χ4v) is 2.14. The summed E-state index contributed by atoms with van der Waals surface area (Å²) in [4.78, 5) is 11.9. The number of halogens is 3. The summed E-state index contributed by atoms with van der Waals surface area (Å²) in [5, 5.41) is 3.70. The number of nitrogens with one attached hydrogen (secondary N) is 1. The second-order valence-corrected chi connectivity index (χ2v) is 5.52. The molecule has 0 aromatic heterocycles. The van der Waals surface area contributed by atoms with Crippen molar-refractivity contribution < 1.29 is 9.18 Å². The minimum Gasteiger partial charge on any atom is -0.349 e. The SMILES string of the molecule is CC(CBr)C(C)NC(=O)c1ccc(F)c(Br)c1. The monoisotopic (exact) mass is 365 g/mol. The number of rotatable bonds is 4. The number of amides is 1. The lowest BCUT2D eigenvalue weighted by Gasteiger charge is -2.19. The molecular weight excluding hydrogens is 353 g/mol. The van der Waals surface area contributed by atoms with Crippen molar-refractivity contribution in [2.24, 2.45) is 5.92 Å². The number of carbonyl (C=O) groups is 1. The van der Waals surface area contributed by atoms with E-state index < -0.39 is 0 Å². The molecule has 0 saturated heterocycles. The zero-order valence-electron chi connectivity index (χ0n) is 9.64. The second-order valence-electron chi connectivity index (χ2n) is 4.02. The molecule has 2 unspecified atom stereocenters. The number of hydrogen-bond donors (Lipinski definition) is 1. The summed E-state index contributed by atoms with van der Waals surface area (Å²) >= 11 is 6.43. The van der Waals surface area contributed by atoms with Crippen LogP contribution in [-0.2, 0) is 0 Å². The minimum atomic E-state index is -0.372. The zero-order chi connectivity index (χ0) is 13.0. The molecule has 0 spiro atoms. The summed E-state index contributed by atoms with van der Waals surface area (Å²) in [6.07, 6.45) is 0. The van der Waals surface area contributed by atoms with Crippen LogP contribution in [0.5, 0.6) is 0 Å². The first-order valence-electron chi connectivity index (χ1n) is 5.27. The minimum absolute atomic E-state index is 0.0608. The van der Waals surface area contributed by atoms with Crippen LogP contribution in [0.3, 0.4) is 0 Å². The lowest BCUT2D eigenvalue weighted by molar-refractivity contribution is 0.0931. The Labute approximate surface area is 117 Å². The van der Waals surface area contributed by atoms with Crippen LogP contribution in [0.25, 0.3) is 0 Å². The van der Waals surface area contributed by atoms with Gasteiger partial charge < -0.3 is 5.32 Å². The molecule has 2 atom stereocenters. The number of carbonyl (C=O) groups excluding carboxylic acids is 1. The van der Waals surface area contributed by atoms with Crippen LogP contribution in [0.1, 0.15) is 24.2 Å². The number of benzene rings is 1. The average Bonchev–Trinajstić information content (AvgIpc) is 2.31. The Balaban J connectivity index is 2.73. The molecule has 0 fully saturated rings. The van der Waals surface area contributed by atoms with E-state index in [1.165, 1.54) is 18.2 Å². The van der Waals surface area contributed by atoms with Crippen molar-refractivity contribution >= 4 is 37.8 Å². The molecule has 1 aromatic carbocycles. The van der Waals surface area contributed by atoms with E-state index in [2.05, 4.69) is 37.2 Å². The Hall–Kier alpha value is -0.420. The van der Waals surface area contributed by atoms with E-state index in [1.807, 2.05) is 13.8 Å². The Kier molecular flexibility index (Phi) is 5.59. The molecule has 0 bridgehead atoms. The first-order chi connectivity index (χ1) is 7.95. The van der Waals surface area contributed by atoms with E-state index >= 15 is 0 Å². The lowest BCUT2D eigenvalue weighted by atomic mass is 10.1. The summed E-state index contributed by atoms with van der Waals surface area (Å²) in [6.45, 7) is 3.99. The third kappa shape index (κ3) is 4.07. The molecule has 1 aromatic rings. The summed E-state index contributed by atoms with van der Waals surface area (Å²) in [5.41, 5.74) is 0.451. The molecule has 5 heteroatoms. The van der Waals surface area contributed by atoms with Crippen molar-refractivity contribution in [2.75, 3.05) is 5.33 Å². The van der Waals surface area contributed by atoms with Crippen molar-refractivity contribution in [3.8, 4) is 0 Å². The fraction of sp³-hybridized carbons (Fsp3) is 0.417. The van der Waals surface area contributed by atoms with Crippen LogP contribution in [0.15, 0.2) is 22.7 Å². The van der Waals surface area contributed by atoms with Crippen molar-refractivity contribution in [1.82, 2.24) is 5.32 Å². The third-order valence-corrected chi connectivity index (χ3v) is 4.27. The Morgan fingerprint density at radius 2 is 2.12 bits per heavy atom. The van der Waals surface area contributed by atoms with E-state index in [0.29, 0.717) is 16.0 Å². The van der Waals surface area contributed by atoms with Crippen molar-refractivity contribution in [2.45, 2.75) is 19.9 Å². The largest absolute Gasteiger partial charge is 0.349 e. The Morgan fingerprint density at radius 3 is 2.65 bits per heavy atom. The highest BCUT2D eigenvalue weighted by Crippen LogP contribution is 2.17. The molecule has 1 rings (SSSR count). The summed E-state index contributed by atoms with van der Waals surface area (Å²) in [6, 6.07) is 4.29. The van der Waals surface area contributed by atoms with Crippen LogP contribution < -0.4 is 5.32 Å². The molecular formula is C12H14Br2FNO. The molecule has 1 N–H and O–H groups in total. The van der Waals surface area contributed by atoms with Gasteiger partial charge in [-0.05, 0) is 47.0 Å². The topological polar surface area (TPSA) is 29.1 Å². The molecule has 0 aliphatic heterocycles. The van der Waals surface area contributed by atoms with E-state index in [9.17, 15) is 9.18 Å². The predicted molar refractivity (Wildman–Crippen MR) is 74.0 cm³/mol. The molecule has 0 heterocycles. The average molecular weight is 367 g/mol. The smallest absolute Gasteiger partial charge is 0.251 e. The van der Waals surface area contributed by atoms with Gasteiger partial charge in [0, 0.05) is 16.9 Å². The van der Waals surface area contributed by atoms with Gasteiger partial charge in [-0.1, -0.05) is 22.9 Å². The molecule has 0 aliphatic carbocycles. The highest BCUT2D eigenvalue weighted by Gasteiger charge is 2.15. The van der Waals surface area contributed by atoms with Crippen molar-refractivity contribution in [1.29, 1.82) is 0 Å². The van der Waals surface area contributed by atoms with E-state index in [-0.39, 0.29) is 17.8 Å². The second kappa shape index (κ2) is 6.50. The summed E-state index contributed by atoms with van der Waals surface area (Å²) < 4.78 is 13.3. The van der Waals surface area contributed by atoms with Gasteiger partial charge in [0.25, 0.3) is 5.91 Å². The maximum absolute atomic E-state index is 13.0. The normalized spacial score (nSPS) is 14.2. The van der Waals surface area contributed by atoms with E-state index in [0.717, 1.165) is 5.33 Å². The number of hydrogen-bond acceptors (Lipinski definition) is 1. The van der Waals surface area contributed by atoms with Crippen LogP contribution >= 0.6 is 31.9 Å². The number of alkyl halides is 1. The predicted octanol–water partition coefficient (Wildman–Crippen LogP) is 3.74. The van der Waals surface area contributed by atoms with Gasteiger partial charge in [0.15, 0.2) is 0 Å². The van der Waals surface area contributed by atoms with Gasteiger partial charge in [0.1, 0.15) is 5.82 Å². The van der Waals surface area contributed by atoms with Gasteiger partial charge in [0.05, 0.1) is 4.47 Å². The third-order valence-electron chi connectivity index (χ3n) is 2.64. The first-order valence-corrected chi connectivity index (χ1v) is 7.19. The van der Waals surface area contributed by atoms with Gasteiger partial charge in [0.2, 0.25) is 0 Å². The van der Waals surface area contributed by atoms with Crippen molar-refractivity contribution in [3.63, 3.8) is 0 Å². The molecule has 0 aliphatic rings. The molecule has 17 heavy (non-hydrogen) atoms. The van der Waals surface area contributed by atoms with Gasteiger partial charge in [-0.15, -0.1) is 0 Å². The zero-order valence-corrected chi connectivity index (χ0v) is 12.8. The lowest BCUT2D eigenvalue weighted by Crippen LogP contribution is -2.37. The molecule has 94 valence electrons. The maximum Gasteiger partial charge on any atom is 0.251 e. The molecule has 0 radical (unpaired) electrons. The van der Waals surface area contributed by atoms with Crippen LogP contribution in [0, 0.1) is 11.7 Å².